The summed E-state index contributed by atoms with van der Waals surface area (Å²) >= 11 is 0. The highest BCUT2D eigenvalue weighted by atomic mass is 16.5. The predicted octanol–water partition coefficient (Wildman–Crippen LogP) is 4.24. The molecular formula is C17H17O+. The third-order valence-electron chi connectivity index (χ3n) is 3.89. The van der Waals surface area contributed by atoms with Crippen molar-refractivity contribution < 1.29 is 4.74 Å². The molecule has 0 saturated heterocycles. The van der Waals surface area contributed by atoms with Crippen molar-refractivity contribution in [3.63, 3.8) is 0 Å². The molecule has 0 atom stereocenters. The van der Waals surface area contributed by atoms with Crippen molar-refractivity contribution in [3.8, 4) is 5.75 Å². The Morgan fingerprint density at radius 3 is 2.72 bits per heavy atom. The maximum absolute atomic E-state index is 6.15. The maximum Gasteiger partial charge on any atom is 0.245 e. The van der Waals surface area contributed by atoms with Gasteiger partial charge in [-0.3, -0.25) is 0 Å². The van der Waals surface area contributed by atoms with Crippen molar-refractivity contribution >= 4 is 0 Å². The lowest BCUT2D eigenvalue weighted by atomic mass is 9.72. The summed E-state index contributed by atoms with van der Waals surface area (Å²) in [6, 6.07) is 6.36. The first-order chi connectivity index (χ1) is 8.51. The Kier molecular flexibility index (Phi) is 2.23. The van der Waals surface area contributed by atoms with E-state index in [0.29, 0.717) is 0 Å². The molecule has 1 heterocycles. The lowest BCUT2D eigenvalue weighted by Gasteiger charge is -2.33. The Labute approximate surface area is 108 Å². The van der Waals surface area contributed by atoms with Crippen LogP contribution in [0.4, 0.5) is 0 Å². The molecule has 0 aromatic heterocycles. The van der Waals surface area contributed by atoms with Crippen LogP contribution in [-0.2, 0) is 5.41 Å². The lowest BCUT2D eigenvalue weighted by molar-refractivity contribution is 0.365. The van der Waals surface area contributed by atoms with Gasteiger partial charge in [-0.25, -0.2) is 0 Å². The molecule has 0 radical (unpaired) electrons. The summed E-state index contributed by atoms with van der Waals surface area (Å²) in [5, 5.41) is 0. The molecule has 0 spiro atoms. The SMILES string of the molecule is CC1=C2Oc3c(C)cccc3C(C)(C)C2=C[C+]=C1. The lowest BCUT2D eigenvalue weighted by Crippen LogP contribution is -2.30. The number of para-hydroxylation sites is 1. The predicted molar refractivity (Wildman–Crippen MR) is 73.4 cm³/mol. The van der Waals surface area contributed by atoms with Crippen molar-refractivity contribution in [2.45, 2.75) is 33.1 Å². The molecule has 18 heavy (non-hydrogen) atoms. The normalized spacial score (nSPS) is 19.4. The van der Waals surface area contributed by atoms with Crippen molar-refractivity contribution in [1.82, 2.24) is 0 Å². The molecule has 0 fully saturated rings. The standard InChI is InChI=1S/C17H17O/c1-11-7-5-9-13-15(11)18-16-12(2)8-6-10-14(16)17(13,3)4/h5,7-10H,1-4H3/q+1. The van der Waals surface area contributed by atoms with Gasteiger partial charge < -0.3 is 4.74 Å². The van der Waals surface area contributed by atoms with E-state index >= 15 is 0 Å². The van der Waals surface area contributed by atoms with E-state index in [4.69, 9.17) is 4.74 Å². The quantitative estimate of drug-likeness (QED) is 0.613. The van der Waals surface area contributed by atoms with Gasteiger partial charge in [-0.2, -0.15) is 0 Å². The largest absolute Gasteiger partial charge is 0.432 e. The summed E-state index contributed by atoms with van der Waals surface area (Å²) in [7, 11) is 0. The van der Waals surface area contributed by atoms with E-state index in [1.165, 1.54) is 16.7 Å². The van der Waals surface area contributed by atoms with Gasteiger partial charge in [-0.05, 0) is 26.3 Å². The molecule has 0 N–H and O–H groups in total. The fourth-order valence-electron chi connectivity index (χ4n) is 2.72. The highest BCUT2D eigenvalue weighted by Gasteiger charge is 2.43. The fourth-order valence-corrected chi connectivity index (χ4v) is 2.72. The second kappa shape index (κ2) is 3.57. The van der Waals surface area contributed by atoms with Crippen LogP contribution in [0.3, 0.4) is 0 Å². The van der Waals surface area contributed by atoms with Crippen LogP contribution in [0.25, 0.3) is 0 Å². The van der Waals surface area contributed by atoms with Crippen LogP contribution >= 0.6 is 0 Å². The molecule has 0 unspecified atom stereocenters. The minimum atomic E-state index is -0.0303. The number of ether oxygens (including phenoxy) is 1. The number of hydrogen-bond donors (Lipinski definition) is 0. The molecule has 2 aliphatic rings. The molecule has 1 aliphatic carbocycles. The summed E-state index contributed by atoms with van der Waals surface area (Å²) in [4.78, 5) is 0. The van der Waals surface area contributed by atoms with Crippen molar-refractivity contribution in [2.75, 3.05) is 0 Å². The van der Waals surface area contributed by atoms with Gasteiger partial charge in [0.15, 0.2) is 0 Å². The van der Waals surface area contributed by atoms with E-state index in [9.17, 15) is 0 Å². The van der Waals surface area contributed by atoms with E-state index in [2.05, 4.69) is 52.0 Å². The highest BCUT2D eigenvalue weighted by molar-refractivity contribution is 5.60. The van der Waals surface area contributed by atoms with E-state index in [1.807, 2.05) is 12.2 Å². The average molecular weight is 237 g/mol. The number of aryl methyl sites for hydroxylation is 1. The van der Waals surface area contributed by atoms with Crippen molar-refractivity contribution in [2.24, 2.45) is 0 Å². The van der Waals surface area contributed by atoms with Crippen LogP contribution in [0, 0.1) is 13.0 Å². The Bertz CT molecular complexity index is 612. The first kappa shape index (κ1) is 11.3. The zero-order valence-corrected chi connectivity index (χ0v) is 11.3. The molecule has 0 amide bonds. The molecule has 0 saturated carbocycles. The molecule has 0 bridgehead atoms. The zero-order chi connectivity index (χ0) is 12.9. The molecule has 1 heteroatoms. The van der Waals surface area contributed by atoms with Crippen molar-refractivity contribution in [3.05, 3.63) is 64.5 Å². The average Bonchev–Trinajstić information content (AvgIpc) is 2.32. The molecule has 3 rings (SSSR count). The fraction of sp³-hybridized carbons (Fsp3) is 0.294. The summed E-state index contributed by atoms with van der Waals surface area (Å²) in [5.74, 6) is 2.02. The molecule has 1 aromatic carbocycles. The minimum Gasteiger partial charge on any atom is -0.432 e. The minimum absolute atomic E-state index is 0.0303. The summed E-state index contributed by atoms with van der Waals surface area (Å²) < 4.78 is 6.15. The van der Waals surface area contributed by atoms with Crippen LogP contribution in [0.5, 0.6) is 5.75 Å². The summed E-state index contributed by atoms with van der Waals surface area (Å²) in [6.07, 6.45) is 7.24. The van der Waals surface area contributed by atoms with Crippen LogP contribution in [0.15, 0.2) is 47.3 Å². The first-order valence-corrected chi connectivity index (χ1v) is 6.31. The van der Waals surface area contributed by atoms with Gasteiger partial charge in [0.2, 0.25) is 5.76 Å². The molecule has 1 aliphatic heterocycles. The Morgan fingerprint density at radius 1 is 1.17 bits per heavy atom. The van der Waals surface area contributed by atoms with Gasteiger partial charge in [0, 0.05) is 18.6 Å². The van der Waals surface area contributed by atoms with Gasteiger partial charge in [-0.15, -0.1) is 0 Å². The van der Waals surface area contributed by atoms with E-state index in [0.717, 1.165) is 17.1 Å². The Hall–Kier alpha value is -1.85. The van der Waals surface area contributed by atoms with Crippen molar-refractivity contribution in [1.29, 1.82) is 0 Å². The van der Waals surface area contributed by atoms with Crippen LogP contribution in [-0.4, -0.2) is 0 Å². The third kappa shape index (κ3) is 1.38. The molecule has 90 valence electrons. The maximum atomic E-state index is 6.15. The summed E-state index contributed by atoms with van der Waals surface area (Å²) in [5.41, 5.74) is 4.79. The summed E-state index contributed by atoms with van der Waals surface area (Å²) in [6.45, 7) is 8.68. The van der Waals surface area contributed by atoms with Gasteiger partial charge in [-0.1, -0.05) is 18.2 Å². The number of hydrogen-bond acceptors (Lipinski definition) is 1. The smallest absolute Gasteiger partial charge is 0.245 e. The first-order valence-electron chi connectivity index (χ1n) is 6.31. The number of fused-ring (bicyclic) bond motifs is 2. The second-order valence-electron chi connectivity index (χ2n) is 5.56. The van der Waals surface area contributed by atoms with Crippen LogP contribution < -0.4 is 4.74 Å². The number of benzene rings is 1. The van der Waals surface area contributed by atoms with E-state index in [-0.39, 0.29) is 5.41 Å². The molecular weight excluding hydrogens is 220 g/mol. The van der Waals surface area contributed by atoms with E-state index < -0.39 is 0 Å². The van der Waals surface area contributed by atoms with Gasteiger partial charge >= 0.3 is 0 Å². The highest BCUT2D eigenvalue weighted by Crippen LogP contribution is 2.48. The topological polar surface area (TPSA) is 9.23 Å². The van der Waals surface area contributed by atoms with Crippen LogP contribution in [0.2, 0.25) is 0 Å². The Balaban J connectivity index is 2.32. The number of rotatable bonds is 0. The monoisotopic (exact) mass is 237 g/mol. The zero-order valence-electron chi connectivity index (χ0n) is 11.3. The van der Waals surface area contributed by atoms with Gasteiger partial charge in [0.05, 0.1) is 5.41 Å². The van der Waals surface area contributed by atoms with Crippen LogP contribution in [0.1, 0.15) is 31.9 Å². The third-order valence-corrected chi connectivity index (χ3v) is 3.89. The molecule has 1 aromatic rings. The Morgan fingerprint density at radius 2 is 1.94 bits per heavy atom. The van der Waals surface area contributed by atoms with Gasteiger partial charge in [0.25, 0.3) is 0 Å². The number of allylic oxidation sites excluding steroid dienone is 5. The second-order valence-corrected chi connectivity index (χ2v) is 5.56. The van der Waals surface area contributed by atoms with E-state index in [1.54, 1.807) is 0 Å². The van der Waals surface area contributed by atoms with Gasteiger partial charge in [0.1, 0.15) is 29.0 Å². The molecule has 1 nitrogen and oxygen atoms in total.